The van der Waals surface area contributed by atoms with E-state index in [2.05, 4.69) is 4.74 Å². The maximum atomic E-state index is 12.9. The van der Waals surface area contributed by atoms with E-state index in [4.69, 9.17) is 4.74 Å². The van der Waals surface area contributed by atoms with Crippen molar-refractivity contribution in [1.82, 2.24) is 0 Å². The highest BCUT2D eigenvalue weighted by Gasteiger charge is 2.06. The molecular formula is C15H16F2O4. The Bertz CT molecular complexity index is 506. The van der Waals surface area contributed by atoms with Gasteiger partial charge in [0.15, 0.2) is 0 Å². The molecule has 0 N–H and O–H groups in total. The number of esters is 2. The Balaban J connectivity index is 2.42. The van der Waals surface area contributed by atoms with Crippen LogP contribution in [0.4, 0.5) is 8.78 Å². The highest BCUT2D eigenvalue weighted by atomic mass is 19.1. The summed E-state index contributed by atoms with van der Waals surface area (Å²) in [7, 11) is 0. The molecule has 0 aliphatic carbocycles. The third-order valence-corrected chi connectivity index (χ3v) is 2.40. The van der Waals surface area contributed by atoms with Crippen molar-refractivity contribution < 1.29 is 27.8 Å². The molecular weight excluding hydrogens is 282 g/mol. The molecule has 0 atom stereocenters. The van der Waals surface area contributed by atoms with Gasteiger partial charge in [0.25, 0.3) is 0 Å². The zero-order valence-corrected chi connectivity index (χ0v) is 11.6. The van der Waals surface area contributed by atoms with Crippen LogP contribution in [-0.2, 0) is 14.3 Å². The Kier molecular flexibility index (Phi) is 7.08. The van der Waals surface area contributed by atoms with Crippen LogP contribution in [-0.4, -0.2) is 18.5 Å². The maximum absolute atomic E-state index is 12.9. The standard InChI is InChI=1S/C15H16F2O4/c1-2-3-4-7-20-14(18)5-6-15(19)21-13-9-11(16)8-12(17)10-13/h5-6,8-10H,2-4,7H2,1H3/b6-5+. The smallest absolute Gasteiger partial charge is 0.336 e. The Morgan fingerprint density at radius 1 is 1.05 bits per heavy atom. The predicted octanol–water partition coefficient (Wildman–Crippen LogP) is 3.16. The van der Waals surface area contributed by atoms with E-state index in [9.17, 15) is 18.4 Å². The molecule has 0 bridgehead atoms. The van der Waals surface area contributed by atoms with E-state index in [-0.39, 0.29) is 12.4 Å². The van der Waals surface area contributed by atoms with Gasteiger partial charge in [0, 0.05) is 30.4 Å². The van der Waals surface area contributed by atoms with Crippen LogP contribution in [0.3, 0.4) is 0 Å². The molecule has 0 radical (unpaired) electrons. The lowest BCUT2D eigenvalue weighted by molar-refractivity contribution is -0.138. The first-order chi connectivity index (χ1) is 10.0. The molecule has 114 valence electrons. The predicted molar refractivity (Wildman–Crippen MR) is 71.6 cm³/mol. The van der Waals surface area contributed by atoms with Crippen molar-refractivity contribution in [3.63, 3.8) is 0 Å². The molecule has 0 aliphatic rings. The first-order valence-corrected chi connectivity index (χ1v) is 6.54. The second kappa shape index (κ2) is 8.84. The molecule has 6 heteroatoms. The van der Waals surface area contributed by atoms with E-state index in [0.29, 0.717) is 6.07 Å². The molecule has 0 amide bonds. The zero-order chi connectivity index (χ0) is 15.7. The molecule has 0 unspecified atom stereocenters. The van der Waals surface area contributed by atoms with Gasteiger partial charge in [-0.1, -0.05) is 19.8 Å². The third kappa shape index (κ3) is 7.20. The largest absolute Gasteiger partial charge is 0.463 e. The van der Waals surface area contributed by atoms with E-state index in [1.165, 1.54) is 0 Å². The summed E-state index contributed by atoms with van der Waals surface area (Å²) in [5.74, 6) is -3.60. The van der Waals surface area contributed by atoms with Crippen LogP contribution < -0.4 is 4.74 Å². The minimum Gasteiger partial charge on any atom is -0.463 e. The number of carbonyl (C=O) groups excluding carboxylic acids is 2. The summed E-state index contributed by atoms with van der Waals surface area (Å²) >= 11 is 0. The van der Waals surface area contributed by atoms with Gasteiger partial charge in [0.2, 0.25) is 0 Å². The summed E-state index contributed by atoms with van der Waals surface area (Å²) in [5.41, 5.74) is 0. The summed E-state index contributed by atoms with van der Waals surface area (Å²) in [6, 6.07) is 2.37. The normalized spacial score (nSPS) is 10.6. The molecule has 4 nitrogen and oxygen atoms in total. The second-order valence-corrected chi connectivity index (χ2v) is 4.23. The van der Waals surface area contributed by atoms with Crippen LogP contribution in [0.1, 0.15) is 26.2 Å². The van der Waals surface area contributed by atoms with Gasteiger partial charge < -0.3 is 9.47 Å². The number of halogens is 2. The van der Waals surface area contributed by atoms with Crippen molar-refractivity contribution in [2.24, 2.45) is 0 Å². The minimum atomic E-state index is -0.925. The highest BCUT2D eigenvalue weighted by Crippen LogP contribution is 2.15. The van der Waals surface area contributed by atoms with Crippen LogP contribution in [0.25, 0.3) is 0 Å². The van der Waals surface area contributed by atoms with Crippen LogP contribution in [0, 0.1) is 11.6 Å². The lowest BCUT2D eigenvalue weighted by Crippen LogP contribution is -2.07. The zero-order valence-electron chi connectivity index (χ0n) is 11.6. The van der Waals surface area contributed by atoms with Gasteiger partial charge in [-0.15, -0.1) is 0 Å². The average molecular weight is 298 g/mol. The number of carbonyl (C=O) groups is 2. The monoisotopic (exact) mass is 298 g/mol. The lowest BCUT2D eigenvalue weighted by atomic mass is 10.3. The van der Waals surface area contributed by atoms with Gasteiger partial charge in [-0.3, -0.25) is 0 Å². The first-order valence-electron chi connectivity index (χ1n) is 6.54. The SMILES string of the molecule is CCCCCOC(=O)/C=C/C(=O)Oc1cc(F)cc(F)c1. The van der Waals surface area contributed by atoms with E-state index >= 15 is 0 Å². The lowest BCUT2D eigenvalue weighted by Gasteiger charge is -2.02. The molecule has 1 aromatic rings. The summed E-state index contributed by atoms with van der Waals surface area (Å²) in [6.45, 7) is 2.30. The Morgan fingerprint density at radius 2 is 1.67 bits per heavy atom. The molecule has 0 spiro atoms. The second-order valence-electron chi connectivity index (χ2n) is 4.23. The van der Waals surface area contributed by atoms with E-state index in [1.807, 2.05) is 6.92 Å². The summed E-state index contributed by atoms with van der Waals surface area (Å²) in [4.78, 5) is 22.6. The van der Waals surface area contributed by atoms with Gasteiger partial charge in [0.1, 0.15) is 17.4 Å². The fraction of sp³-hybridized carbons (Fsp3) is 0.333. The topological polar surface area (TPSA) is 52.6 Å². The van der Waals surface area contributed by atoms with Crippen molar-refractivity contribution in [3.05, 3.63) is 42.0 Å². The Hall–Kier alpha value is -2.24. The average Bonchev–Trinajstić information content (AvgIpc) is 2.40. The number of hydrogen-bond acceptors (Lipinski definition) is 4. The molecule has 0 heterocycles. The molecule has 21 heavy (non-hydrogen) atoms. The molecule has 0 aliphatic heterocycles. The number of rotatable bonds is 7. The maximum Gasteiger partial charge on any atom is 0.336 e. The van der Waals surface area contributed by atoms with Gasteiger partial charge in [0.05, 0.1) is 6.61 Å². The fourth-order valence-corrected chi connectivity index (χ4v) is 1.45. The van der Waals surface area contributed by atoms with E-state index < -0.39 is 23.6 Å². The van der Waals surface area contributed by atoms with Crippen molar-refractivity contribution in [2.75, 3.05) is 6.61 Å². The van der Waals surface area contributed by atoms with Crippen molar-refractivity contribution in [2.45, 2.75) is 26.2 Å². The van der Waals surface area contributed by atoms with Crippen LogP contribution >= 0.6 is 0 Å². The Labute approximate surface area is 121 Å². The van der Waals surface area contributed by atoms with Crippen LogP contribution in [0.2, 0.25) is 0 Å². The molecule has 0 saturated heterocycles. The minimum absolute atomic E-state index is 0.279. The summed E-state index contributed by atoms with van der Waals surface area (Å²) in [6.07, 6.45) is 4.45. The number of benzene rings is 1. The molecule has 0 fully saturated rings. The van der Waals surface area contributed by atoms with E-state index in [1.54, 1.807) is 0 Å². The third-order valence-electron chi connectivity index (χ3n) is 2.40. The quantitative estimate of drug-likeness (QED) is 0.336. The van der Waals surface area contributed by atoms with Crippen molar-refractivity contribution in [1.29, 1.82) is 0 Å². The highest BCUT2D eigenvalue weighted by molar-refractivity contribution is 5.92. The summed E-state index contributed by atoms with van der Waals surface area (Å²) < 4.78 is 35.2. The van der Waals surface area contributed by atoms with Gasteiger partial charge in [-0.2, -0.15) is 0 Å². The van der Waals surface area contributed by atoms with Gasteiger partial charge in [-0.05, 0) is 6.42 Å². The van der Waals surface area contributed by atoms with E-state index in [0.717, 1.165) is 43.5 Å². The Morgan fingerprint density at radius 3 is 2.29 bits per heavy atom. The summed E-state index contributed by atoms with van der Waals surface area (Å²) in [5, 5.41) is 0. The number of hydrogen-bond donors (Lipinski definition) is 0. The first kappa shape index (κ1) is 16.8. The fourth-order valence-electron chi connectivity index (χ4n) is 1.45. The van der Waals surface area contributed by atoms with Gasteiger partial charge in [-0.25, -0.2) is 18.4 Å². The van der Waals surface area contributed by atoms with Crippen molar-refractivity contribution >= 4 is 11.9 Å². The number of unbranched alkanes of at least 4 members (excludes halogenated alkanes) is 2. The molecule has 1 rings (SSSR count). The number of ether oxygens (including phenoxy) is 2. The molecule has 1 aromatic carbocycles. The van der Waals surface area contributed by atoms with Gasteiger partial charge >= 0.3 is 11.9 Å². The van der Waals surface area contributed by atoms with Crippen molar-refractivity contribution in [3.8, 4) is 5.75 Å². The molecule has 0 saturated carbocycles. The molecule has 0 aromatic heterocycles. The van der Waals surface area contributed by atoms with Crippen LogP contribution in [0.15, 0.2) is 30.4 Å². The van der Waals surface area contributed by atoms with Crippen LogP contribution in [0.5, 0.6) is 5.75 Å².